The lowest BCUT2D eigenvalue weighted by atomic mass is 10.1. The highest BCUT2D eigenvalue weighted by molar-refractivity contribution is 6.00. The Balaban J connectivity index is 1.70. The number of halogens is 1. The van der Waals surface area contributed by atoms with Crippen LogP contribution in [0.5, 0.6) is 0 Å². The van der Waals surface area contributed by atoms with Crippen LogP contribution in [0.1, 0.15) is 16.8 Å². The number of hydrogen-bond donors (Lipinski definition) is 1. The first-order chi connectivity index (χ1) is 9.13. The van der Waals surface area contributed by atoms with Crippen LogP contribution in [0, 0.1) is 11.2 Å². The van der Waals surface area contributed by atoms with Gasteiger partial charge in [-0.1, -0.05) is 6.07 Å². The monoisotopic (exact) mass is 258 g/mol. The molecule has 0 atom stereocenters. The van der Waals surface area contributed by atoms with Crippen molar-refractivity contribution in [2.24, 2.45) is 7.05 Å². The molecule has 1 aromatic heterocycles. The third kappa shape index (κ3) is 2.23. The Bertz CT molecular complexity index is 632. The van der Waals surface area contributed by atoms with Crippen LogP contribution in [0.25, 0.3) is 0 Å². The Kier molecular flexibility index (Phi) is 2.81. The minimum absolute atomic E-state index is 0.282. The summed E-state index contributed by atoms with van der Waals surface area (Å²) in [5.41, 5.74) is 2.74. The van der Waals surface area contributed by atoms with E-state index in [0.29, 0.717) is 17.9 Å². The minimum atomic E-state index is -0.282. The van der Waals surface area contributed by atoms with Crippen LogP contribution in [-0.2, 0) is 20.0 Å². The molecule has 5 heteroatoms. The molecule has 0 saturated heterocycles. The molecule has 19 heavy (non-hydrogen) atoms. The zero-order chi connectivity index (χ0) is 13.4. The van der Waals surface area contributed by atoms with Gasteiger partial charge in [0.05, 0.1) is 5.69 Å². The van der Waals surface area contributed by atoms with Crippen molar-refractivity contribution >= 4 is 5.84 Å². The standard InChI is InChI=1S/C14H15FN4/c1-18-6-4-12(17-18)5-7-19-9-10-2-3-11(15)8-13(10)14(19)16/h2-4,6,8,16H,5,7,9H2,1H3. The fourth-order valence-electron chi connectivity index (χ4n) is 2.40. The molecule has 1 aromatic carbocycles. The van der Waals surface area contributed by atoms with Gasteiger partial charge in [0, 0.05) is 38.3 Å². The minimum Gasteiger partial charge on any atom is -0.352 e. The van der Waals surface area contributed by atoms with Gasteiger partial charge in [-0.15, -0.1) is 0 Å². The Morgan fingerprint density at radius 1 is 1.37 bits per heavy atom. The smallest absolute Gasteiger partial charge is 0.128 e. The maximum atomic E-state index is 13.2. The highest BCUT2D eigenvalue weighted by Gasteiger charge is 2.24. The van der Waals surface area contributed by atoms with E-state index in [1.165, 1.54) is 12.1 Å². The highest BCUT2D eigenvalue weighted by Crippen LogP contribution is 2.23. The van der Waals surface area contributed by atoms with E-state index in [1.54, 1.807) is 10.7 Å². The average molecular weight is 258 g/mol. The number of amidine groups is 1. The first-order valence-electron chi connectivity index (χ1n) is 6.24. The van der Waals surface area contributed by atoms with Crippen molar-refractivity contribution in [2.75, 3.05) is 6.54 Å². The number of aryl methyl sites for hydroxylation is 1. The first kappa shape index (κ1) is 11.9. The molecule has 0 aliphatic carbocycles. The van der Waals surface area contributed by atoms with Gasteiger partial charge in [0.1, 0.15) is 11.7 Å². The van der Waals surface area contributed by atoms with Crippen molar-refractivity contribution in [1.29, 1.82) is 5.41 Å². The van der Waals surface area contributed by atoms with Crippen molar-refractivity contribution < 1.29 is 4.39 Å². The Hall–Kier alpha value is -2.17. The van der Waals surface area contributed by atoms with E-state index in [2.05, 4.69) is 5.10 Å². The van der Waals surface area contributed by atoms with Crippen LogP contribution >= 0.6 is 0 Å². The lowest BCUT2D eigenvalue weighted by molar-refractivity contribution is 0.429. The first-order valence-corrected chi connectivity index (χ1v) is 6.24. The SMILES string of the molecule is Cn1ccc(CCN2Cc3ccc(F)cc3C2=N)n1. The normalized spacial score (nSPS) is 14.0. The zero-order valence-corrected chi connectivity index (χ0v) is 10.7. The van der Waals surface area contributed by atoms with Crippen molar-refractivity contribution in [1.82, 2.24) is 14.7 Å². The second-order valence-electron chi connectivity index (χ2n) is 4.80. The van der Waals surface area contributed by atoms with E-state index in [0.717, 1.165) is 24.2 Å². The molecule has 0 unspecified atom stereocenters. The summed E-state index contributed by atoms with van der Waals surface area (Å²) in [4.78, 5) is 1.96. The van der Waals surface area contributed by atoms with Crippen molar-refractivity contribution in [3.63, 3.8) is 0 Å². The van der Waals surface area contributed by atoms with Crippen LogP contribution in [0.2, 0.25) is 0 Å². The fourth-order valence-corrected chi connectivity index (χ4v) is 2.40. The molecule has 1 aliphatic heterocycles. The summed E-state index contributed by atoms with van der Waals surface area (Å²) in [7, 11) is 1.89. The van der Waals surface area contributed by atoms with E-state index in [9.17, 15) is 4.39 Å². The van der Waals surface area contributed by atoms with Gasteiger partial charge in [0.15, 0.2) is 0 Å². The lowest BCUT2D eigenvalue weighted by Gasteiger charge is -2.16. The molecule has 0 saturated carbocycles. The predicted octanol–water partition coefficient (Wildman–Crippen LogP) is 1.94. The molecule has 4 nitrogen and oxygen atoms in total. The van der Waals surface area contributed by atoms with E-state index in [1.807, 2.05) is 24.2 Å². The summed E-state index contributed by atoms with van der Waals surface area (Å²) >= 11 is 0. The molecule has 0 bridgehead atoms. The van der Waals surface area contributed by atoms with Crippen molar-refractivity contribution in [2.45, 2.75) is 13.0 Å². The molecule has 1 aliphatic rings. The second kappa shape index (κ2) is 4.50. The third-order valence-electron chi connectivity index (χ3n) is 3.41. The van der Waals surface area contributed by atoms with Crippen LogP contribution in [0.15, 0.2) is 30.5 Å². The molecule has 0 radical (unpaired) electrons. The maximum Gasteiger partial charge on any atom is 0.128 e. The van der Waals surface area contributed by atoms with Crippen LogP contribution in [0.4, 0.5) is 4.39 Å². The summed E-state index contributed by atoms with van der Waals surface area (Å²) in [6.45, 7) is 1.41. The molecule has 98 valence electrons. The average Bonchev–Trinajstić information content (AvgIpc) is 2.93. The maximum absolute atomic E-state index is 13.2. The summed E-state index contributed by atoms with van der Waals surface area (Å²) in [5, 5.41) is 12.4. The number of hydrogen-bond acceptors (Lipinski definition) is 2. The molecule has 1 N–H and O–H groups in total. The van der Waals surface area contributed by atoms with E-state index < -0.39 is 0 Å². The van der Waals surface area contributed by atoms with Crippen LogP contribution < -0.4 is 0 Å². The fraction of sp³-hybridized carbons (Fsp3) is 0.286. The number of aromatic nitrogens is 2. The lowest BCUT2D eigenvalue weighted by Crippen LogP contribution is -2.26. The van der Waals surface area contributed by atoms with E-state index >= 15 is 0 Å². The zero-order valence-electron chi connectivity index (χ0n) is 10.7. The molecular formula is C14H15FN4. The van der Waals surface area contributed by atoms with Gasteiger partial charge in [0.25, 0.3) is 0 Å². The number of fused-ring (bicyclic) bond motifs is 1. The van der Waals surface area contributed by atoms with Gasteiger partial charge in [-0.2, -0.15) is 5.10 Å². The van der Waals surface area contributed by atoms with Gasteiger partial charge in [-0.25, -0.2) is 4.39 Å². The summed E-state index contributed by atoms with van der Waals surface area (Å²) in [5.74, 6) is 0.125. The summed E-state index contributed by atoms with van der Waals surface area (Å²) in [6.07, 6.45) is 2.70. The van der Waals surface area contributed by atoms with E-state index in [-0.39, 0.29) is 5.82 Å². The predicted molar refractivity (Wildman–Crippen MR) is 70.6 cm³/mol. The van der Waals surface area contributed by atoms with Gasteiger partial charge in [-0.05, 0) is 23.8 Å². The summed E-state index contributed by atoms with van der Waals surface area (Å²) in [6, 6.07) is 6.64. The van der Waals surface area contributed by atoms with Gasteiger partial charge >= 0.3 is 0 Å². The molecule has 2 aromatic rings. The van der Waals surface area contributed by atoms with E-state index in [4.69, 9.17) is 5.41 Å². The van der Waals surface area contributed by atoms with Crippen molar-refractivity contribution in [3.05, 3.63) is 53.1 Å². The van der Waals surface area contributed by atoms with Gasteiger partial charge in [-0.3, -0.25) is 10.1 Å². The molecule has 0 fully saturated rings. The molecule has 2 heterocycles. The van der Waals surface area contributed by atoms with Gasteiger partial charge in [0.2, 0.25) is 0 Å². The Morgan fingerprint density at radius 3 is 2.95 bits per heavy atom. The number of benzene rings is 1. The quantitative estimate of drug-likeness (QED) is 0.914. The third-order valence-corrected chi connectivity index (χ3v) is 3.41. The molecule has 0 amide bonds. The molecule has 3 rings (SSSR count). The largest absolute Gasteiger partial charge is 0.352 e. The van der Waals surface area contributed by atoms with Crippen LogP contribution in [0.3, 0.4) is 0 Å². The number of rotatable bonds is 3. The Morgan fingerprint density at radius 2 is 2.21 bits per heavy atom. The van der Waals surface area contributed by atoms with Crippen LogP contribution in [-0.4, -0.2) is 27.1 Å². The van der Waals surface area contributed by atoms with Crippen molar-refractivity contribution in [3.8, 4) is 0 Å². The molecule has 0 spiro atoms. The topological polar surface area (TPSA) is 44.9 Å². The number of nitrogens with zero attached hydrogens (tertiary/aromatic N) is 3. The highest BCUT2D eigenvalue weighted by atomic mass is 19.1. The number of nitrogens with one attached hydrogen (secondary N) is 1. The second-order valence-corrected chi connectivity index (χ2v) is 4.80. The summed E-state index contributed by atoms with van der Waals surface area (Å²) < 4.78 is 15.0. The Labute approximate surface area is 111 Å². The van der Waals surface area contributed by atoms with Gasteiger partial charge < -0.3 is 4.90 Å². The molecular weight excluding hydrogens is 243 g/mol.